The minimum absolute atomic E-state index is 0.638. The van der Waals surface area contributed by atoms with Gasteiger partial charge < -0.3 is 5.11 Å². The van der Waals surface area contributed by atoms with Crippen LogP contribution >= 0.6 is 0 Å². The third-order valence-corrected chi connectivity index (χ3v) is 4.02. The summed E-state index contributed by atoms with van der Waals surface area (Å²) in [5.74, 6) is 0.638. The van der Waals surface area contributed by atoms with Crippen molar-refractivity contribution >= 4 is 0 Å². The van der Waals surface area contributed by atoms with Crippen LogP contribution in [0.25, 0.3) is 0 Å². The van der Waals surface area contributed by atoms with E-state index in [1.165, 1.54) is 83.5 Å². The van der Waals surface area contributed by atoms with E-state index in [0.717, 1.165) is 12.8 Å². The maximum Gasteiger partial charge on any atom is 0.0882 e. The zero-order chi connectivity index (χ0) is 12.9. The van der Waals surface area contributed by atoms with Gasteiger partial charge in [-0.05, 0) is 25.3 Å². The van der Waals surface area contributed by atoms with Gasteiger partial charge >= 0.3 is 0 Å². The highest BCUT2D eigenvalue weighted by atomic mass is 16.3. The molecule has 0 atom stereocenters. The van der Waals surface area contributed by atoms with Crippen molar-refractivity contribution < 1.29 is 5.11 Å². The monoisotopic (exact) mass is 252 g/mol. The third-order valence-electron chi connectivity index (χ3n) is 4.02. The number of aliphatic hydroxyl groups is 1. The van der Waals surface area contributed by atoms with Crippen molar-refractivity contribution in [1.29, 1.82) is 0 Å². The van der Waals surface area contributed by atoms with E-state index in [1.807, 2.05) is 0 Å². The lowest BCUT2D eigenvalue weighted by Crippen LogP contribution is -1.85. The van der Waals surface area contributed by atoms with Crippen molar-refractivity contribution in [3.8, 4) is 0 Å². The Bertz CT molecular complexity index is 208. The number of hydrogen-bond donors (Lipinski definition) is 1. The summed E-state index contributed by atoms with van der Waals surface area (Å²) in [6.45, 7) is 0. The molecule has 1 heteroatoms. The Balaban J connectivity index is 2.17. The van der Waals surface area contributed by atoms with Gasteiger partial charge in [0.25, 0.3) is 0 Å². The van der Waals surface area contributed by atoms with Crippen LogP contribution in [0.15, 0.2) is 11.8 Å². The van der Waals surface area contributed by atoms with Crippen LogP contribution in [0.5, 0.6) is 0 Å². The molecule has 0 aliphatic heterocycles. The predicted molar refractivity (Wildman–Crippen MR) is 80.0 cm³/mol. The van der Waals surface area contributed by atoms with Gasteiger partial charge in [-0.25, -0.2) is 0 Å². The molecule has 0 saturated heterocycles. The summed E-state index contributed by atoms with van der Waals surface area (Å²) in [6.07, 6.45) is 21.8. The Morgan fingerprint density at radius 2 is 0.944 bits per heavy atom. The molecular weight excluding hydrogens is 220 g/mol. The van der Waals surface area contributed by atoms with E-state index < -0.39 is 0 Å². The molecule has 0 aromatic carbocycles. The quantitative estimate of drug-likeness (QED) is 0.537. The molecule has 0 heterocycles. The third kappa shape index (κ3) is 9.56. The molecule has 1 aliphatic rings. The Labute approximate surface area is 114 Å². The fourth-order valence-corrected chi connectivity index (χ4v) is 2.77. The smallest absolute Gasteiger partial charge is 0.0882 e. The van der Waals surface area contributed by atoms with Gasteiger partial charge in [0.1, 0.15) is 0 Å². The highest BCUT2D eigenvalue weighted by Crippen LogP contribution is 2.15. The van der Waals surface area contributed by atoms with E-state index in [1.54, 1.807) is 0 Å². The lowest BCUT2D eigenvalue weighted by Gasteiger charge is -2.02. The topological polar surface area (TPSA) is 20.2 Å². The van der Waals surface area contributed by atoms with Gasteiger partial charge in [0.2, 0.25) is 0 Å². The summed E-state index contributed by atoms with van der Waals surface area (Å²) >= 11 is 0. The molecule has 106 valence electrons. The second kappa shape index (κ2) is 11.6. The van der Waals surface area contributed by atoms with Crippen LogP contribution in [-0.4, -0.2) is 5.11 Å². The van der Waals surface area contributed by atoms with Gasteiger partial charge in [-0.3, -0.25) is 0 Å². The molecule has 0 saturated carbocycles. The normalized spacial score (nSPS) is 25.9. The van der Waals surface area contributed by atoms with Crippen molar-refractivity contribution in [3.63, 3.8) is 0 Å². The van der Waals surface area contributed by atoms with Crippen molar-refractivity contribution in [2.45, 2.75) is 96.3 Å². The van der Waals surface area contributed by atoms with E-state index in [-0.39, 0.29) is 0 Å². The largest absolute Gasteiger partial charge is 0.513 e. The number of rotatable bonds is 0. The van der Waals surface area contributed by atoms with Crippen LogP contribution in [0.2, 0.25) is 0 Å². The molecule has 0 aromatic rings. The molecule has 0 unspecified atom stereocenters. The van der Waals surface area contributed by atoms with Crippen LogP contribution in [0, 0.1) is 0 Å². The highest BCUT2D eigenvalue weighted by molar-refractivity contribution is 4.90. The first-order chi connectivity index (χ1) is 8.89. The first kappa shape index (κ1) is 15.6. The second-order valence-electron chi connectivity index (χ2n) is 5.83. The molecule has 0 spiro atoms. The second-order valence-corrected chi connectivity index (χ2v) is 5.83. The summed E-state index contributed by atoms with van der Waals surface area (Å²) in [6, 6.07) is 0. The van der Waals surface area contributed by atoms with Crippen LogP contribution in [0.4, 0.5) is 0 Å². The average molecular weight is 252 g/mol. The van der Waals surface area contributed by atoms with Gasteiger partial charge in [0, 0.05) is 6.42 Å². The summed E-state index contributed by atoms with van der Waals surface area (Å²) in [7, 11) is 0. The van der Waals surface area contributed by atoms with Crippen LogP contribution in [0.1, 0.15) is 96.3 Å². The number of aliphatic hydroxyl groups excluding tert-OH is 1. The summed E-state index contributed by atoms with van der Waals surface area (Å²) in [5, 5.41) is 9.73. The standard InChI is InChI=1S/C17H32O/c18-17-15-13-11-9-7-5-3-1-2-4-6-8-10-12-14-16-17/h15,18H,1-14,16H2/b17-15+. The molecule has 1 aliphatic carbocycles. The van der Waals surface area contributed by atoms with E-state index in [0.29, 0.717) is 5.76 Å². The maximum atomic E-state index is 9.73. The van der Waals surface area contributed by atoms with E-state index in [4.69, 9.17) is 0 Å². The Hall–Kier alpha value is -0.460. The molecule has 0 bridgehead atoms. The molecular formula is C17H32O. The van der Waals surface area contributed by atoms with Gasteiger partial charge in [0.05, 0.1) is 5.76 Å². The lowest BCUT2D eigenvalue weighted by molar-refractivity contribution is 0.376. The molecule has 0 fully saturated rings. The van der Waals surface area contributed by atoms with Crippen LogP contribution in [-0.2, 0) is 0 Å². The minimum atomic E-state index is 0.638. The molecule has 0 radical (unpaired) electrons. The Morgan fingerprint density at radius 3 is 1.44 bits per heavy atom. The first-order valence-corrected chi connectivity index (χ1v) is 8.27. The molecule has 0 amide bonds. The van der Waals surface area contributed by atoms with Crippen LogP contribution < -0.4 is 0 Å². The van der Waals surface area contributed by atoms with Gasteiger partial charge in [0.15, 0.2) is 0 Å². The van der Waals surface area contributed by atoms with Crippen molar-refractivity contribution in [1.82, 2.24) is 0 Å². The first-order valence-electron chi connectivity index (χ1n) is 8.27. The van der Waals surface area contributed by atoms with Gasteiger partial charge in [-0.1, -0.05) is 70.6 Å². The lowest BCUT2D eigenvalue weighted by atomic mass is 10.0. The van der Waals surface area contributed by atoms with E-state index in [9.17, 15) is 5.11 Å². The highest BCUT2D eigenvalue weighted by Gasteiger charge is 1.97. The van der Waals surface area contributed by atoms with E-state index in [2.05, 4.69) is 6.08 Å². The molecule has 18 heavy (non-hydrogen) atoms. The molecule has 0 aromatic heterocycles. The molecule has 1 nitrogen and oxygen atoms in total. The summed E-state index contributed by atoms with van der Waals surface area (Å²) in [5.41, 5.74) is 0. The molecule has 1 rings (SSSR count). The SMILES string of the molecule is O/C1=C/CCCCCCCCCCCCCCC1. The van der Waals surface area contributed by atoms with Crippen LogP contribution in [0.3, 0.4) is 0 Å². The average Bonchev–Trinajstić information content (AvgIpc) is 2.37. The Kier molecular flexibility index (Phi) is 10.1. The number of hydrogen-bond acceptors (Lipinski definition) is 1. The van der Waals surface area contributed by atoms with Gasteiger partial charge in [-0.2, -0.15) is 0 Å². The minimum Gasteiger partial charge on any atom is -0.513 e. The zero-order valence-corrected chi connectivity index (χ0v) is 12.1. The van der Waals surface area contributed by atoms with Crippen molar-refractivity contribution in [3.05, 3.63) is 11.8 Å². The zero-order valence-electron chi connectivity index (χ0n) is 12.1. The van der Waals surface area contributed by atoms with Gasteiger partial charge in [-0.15, -0.1) is 0 Å². The maximum absolute atomic E-state index is 9.73. The van der Waals surface area contributed by atoms with E-state index >= 15 is 0 Å². The van der Waals surface area contributed by atoms with Crippen molar-refractivity contribution in [2.24, 2.45) is 0 Å². The predicted octanol–water partition coefficient (Wildman–Crippen LogP) is 6.29. The Morgan fingerprint density at radius 1 is 0.556 bits per heavy atom. The fraction of sp³-hybridized carbons (Fsp3) is 0.882. The van der Waals surface area contributed by atoms with Crippen molar-refractivity contribution in [2.75, 3.05) is 0 Å². The summed E-state index contributed by atoms with van der Waals surface area (Å²) in [4.78, 5) is 0. The fourth-order valence-electron chi connectivity index (χ4n) is 2.77. The summed E-state index contributed by atoms with van der Waals surface area (Å²) < 4.78 is 0. The molecule has 1 N–H and O–H groups in total. The number of allylic oxidation sites excluding steroid dienone is 2.